The number of carbonyl (C=O) groups excluding carboxylic acids is 1. The molecule has 0 saturated carbocycles. The Morgan fingerprint density at radius 3 is 2.76 bits per heavy atom. The Morgan fingerprint density at radius 1 is 1.52 bits per heavy atom. The van der Waals surface area contributed by atoms with Crippen molar-refractivity contribution in [3.8, 4) is 0 Å². The number of carbonyl (C=O) groups is 1. The van der Waals surface area contributed by atoms with Crippen molar-refractivity contribution in [3.63, 3.8) is 0 Å². The number of anilines is 1. The van der Waals surface area contributed by atoms with Crippen molar-refractivity contribution in [1.82, 2.24) is 14.5 Å². The first-order chi connectivity index (χ1) is 9.99. The minimum atomic E-state index is -0.515. The first-order valence-electron chi connectivity index (χ1n) is 6.95. The van der Waals surface area contributed by atoms with E-state index in [0.717, 1.165) is 5.76 Å². The highest BCUT2D eigenvalue weighted by Crippen LogP contribution is 2.26. The van der Waals surface area contributed by atoms with E-state index in [9.17, 15) is 4.79 Å². The first-order valence-corrected chi connectivity index (χ1v) is 6.95. The van der Waals surface area contributed by atoms with Crippen LogP contribution in [0.4, 0.5) is 5.82 Å². The second kappa shape index (κ2) is 5.99. The van der Waals surface area contributed by atoms with Crippen LogP contribution in [0.15, 0.2) is 10.6 Å². The van der Waals surface area contributed by atoms with Crippen LogP contribution >= 0.6 is 0 Å². The Bertz CT molecular complexity index is 645. The van der Waals surface area contributed by atoms with Crippen molar-refractivity contribution in [3.05, 3.63) is 29.4 Å². The minimum absolute atomic E-state index is 0.142. The molecule has 0 aliphatic carbocycles. The van der Waals surface area contributed by atoms with Gasteiger partial charge in [-0.05, 0) is 20.8 Å². The van der Waals surface area contributed by atoms with Crippen molar-refractivity contribution >= 4 is 11.8 Å². The number of oxazole rings is 1. The number of ether oxygens (including phenoxy) is 1. The van der Waals surface area contributed by atoms with Crippen LogP contribution in [0.25, 0.3) is 0 Å². The molecule has 1 atom stereocenters. The number of nitrogens with two attached hydrogens (primary N) is 1. The van der Waals surface area contributed by atoms with Gasteiger partial charge in [0.2, 0.25) is 5.89 Å². The zero-order valence-electron chi connectivity index (χ0n) is 12.7. The van der Waals surface area contributed by atoms with Crippen LogP contribution in [-0.4, -0.2) is 27.1 Å². The highest BCUT2D eigenvalue weighted by molar-refractivity contribution is 5.92. The smallest absolute Gasteiger partial charge is 0.360 e. The normalized spacial score (nSPS) is 12.4. The molecule has 0 bridgehead atoms. The van der Waals surface area contributed by atoms with Crippen LogP contribution in [0.5, 0.6) is 0 Å². The molecule has 2 N–H and O–H groups in total. The molecular formula is C14H20N4O3. The van der Waals surface area contributed by atoms with Crippen LogP contribution in [0.2, 0.25) is 0 Å². The highest BCUT2D eigenvalue weighted by Gasteiger charge is 2.26. The van der Waals surface area contributed by atoms with E-state index in [2.05, 4.69) is 9.97 Å². The van der Waals surface area contributed by atoms with Gasteiger partial charge in [-0.15, -0.1) is 0 Å². The molecule has 21 heavy (non-hydrogen) atoms. The zero-order chi connectivity index (χ0) is 15.6. The number of rotatable bonds is 5. The summed E-state index contributed by atoms with van der Waals surface area (Å²) in [5.41, 5.74) is 6.23. The van der Waals surface area contributed by atoms with Gasteiger partial charge >= 0.3 is 5.97 Å². The van der Waals surface area contributed by atoms with Gasteiger partial charge in [-0.1, -0.05) is 6.92 Å². The number of imidazole rings is 1. The van der Waals surface area contributed by atoms with E-state index < -0.39 is 5.97 Å². The lowest BCUT2D eigenvalue weighted by Gasteiger charge is -2.14. The maximum atomic E-state index is 11.9. The quantitative estimate of drug-likeness (QED) is 0.848. The third-order valence-corrected chi connectivity index (χ3v) is 3.19. The summed E-state index contributed by atoms with van der Waals surface area (Å²) in [6.07, 6.45) is 2.28. The fraction of sp³-hybridized carbons (Fsp3) is 0.500. The summed E-state index contributed by atoms with van der Waals surface area (Å²) < 4.78 is 12.3. The molecule has 0 amide bonds. The Labute approximate surface area is 123 Å². The lowest BCUT2D eigenvalue weighted by Crippen LogP contribution is -2.14. The van der Waals surface area contributed by atoms with Gasteiger partial charge in [0, 0.05) is 6.42 Å². The number of hydrogen-bond acceptors (Lipinski definition) is 6. The molecule has 114 valence electrons. The molecule has 0 aromatic carbocycles. The molecule has 0 saturated heterocycles. The third kappa shape index (κ3) is 2.76. The van der Waals surface area contributed by atoms with Gasteiger partial charge in [0.05, 0.1) is 12.8 Å². The first kappa shape index (κ1) is 15.1. The molecule has 1 unspecified atom stereocenters. The van der Waals surface area contributed by atoms with Crippen molar-refractivity contribution in [2.45, 2.75) is 40.2 Å². The monoisotopic (exact) mass is 292 g/mol. The van der Waals surface area contributed by atoms with E-state index in [1.54, 1.807) is 17.7 Å². The van der Waals surface area contributed by atoms with Gasteiger partial charge in [-0.25, -0.2) is 14.8 Å². The van der Waals surface area contributed by atoms with E-state index in [-0.39, 0.29) is 24.2 Å². The van der Waals surface area contributed by atoms with Crippen LogP contribution in [0.3, 0.4) is 0 Å². The molecule has 2 rings (SSSR count). The summed E-state index contributed by atoms with van der Waals surface area (Å²) in [7, 11) is 0. The molecule has 7 heteroatoms. The SMILES string of the molecule is CCOC(=O)c1nc(CC)n(C(C)c2ncc(C)o2)c1N. The third-order valence-electron chi connectivity index (χ3n) is 3.19. The Balaban J connectivity index is 2.45. The summed E-state index contributed by atoms with van der Waals surface area (Å²) in [4.78, 5) is 20.4. The molecule has 0 fully saturated rings. The molecule has 0 aliphatic rings. The van der Waals surface area contributed by atoms with Gasteiger partial charge in [0.1, 0.15) is 23.4 Å². The van der Waals surface area contributed by atoms with Crippen LogP contribution in [0, 0.1) is 6.92 Å². The number of esters is 1. The van der Waals surface area contributed by atoms with Crippen molar-refractivity contribution in [2.24, 2.45) is 0 Å². The molecule has 7 nitrogen and oxygen atoms in total. The van der Waals surface area contributed by atoms with Gasteiger partial charge < -0.3 is 19.5 Å². The summed E-state index contributed by atoms with van der Waals surface area (Å²) in [5.74, 6) is 1.70. The Kier molecular flexibility index (Phi) is 4.30. The maximum Gasteiger partial charge on any atom is 0.360 e. The molecule has 2 aromatic heterocycles. The zero-order valence-corrected chi connectivity index (χ0v) is 12.7. The standard InChI is InChI=1S/C14H20N4O3/c1-5-10-17-11(14(19)20-6-2)12(15)18(10)9(4)13-16-7-8(3)21-13/h7,9H,5-6,15H2,1-4H3. The van der Waals surface area contributed by atoms with Gasteiger partial charge in [0.15, 0.2) is 5.69 Å². The number of nitrogens with zero attached hydrogens (tertiary/aromatic N) is 3. The molecule has 2 aromatic rings. The maximum absolute atomic E-state index is 11.9. The van der Waals surface area contributed by atoms with Gasteiger partial charge in [-0.2, -0.15) is 0 Å². The average Bonchev–Trinajstić information content (AvgIpc) is 3.02. The molecular weight excluding hydrogens is 272 g/mol. The van der Waals surface area contributed by atoms with Crippen molar-refractivity contribution in [1.29, 1.82) is 0 Å². The Morgan fingerprint density at radius 2 is 2.24 bits per heavy atom. The van der Waals surface area contributed by atoms with E-state index in [1.807, 2.05) is 20.8 Å². The second-order valence-electron chi connectivity index (χ2n) is 4.69. The van der Waals surface area contributed by atoms with E-state index in [0.29, 0.717) is 18.1 Å². The minimum Gasteiger partial charge on any atom is -0.461 e. The van der Waals surface area contributed by atoms with Crippen LogP contribution in [0.1, 0.15) is 54.8 Å². The summed E-state index contributed by atoms with van der Waals surface area (Å²) >= 11 is 0. The summed E-state index contributed by atoms with van der Waals surface area (Å²) in [6.45, 7) is 7.69. The molecule has 0 radical (unpaired) electrons. The average molecular weight is 292 g/mol. The fourth-order valence-electron chi connectivity index (χ4n) is 2.20. The topological polar surface area (TPSA) is 96.2 Å². The lowest BCUT2D eigenvalue weighted by atomic mass is 10.3. The van der Waals surface area contributed by atoms with Gasteiger partial charge in [0.25, 0.3) is 0 Å². The number of aromatic nitrogens is 3. The van der Waals surface area contributed by atoms with Crippen molar-refractivity contribution in [2.75, 3.05) is 12.3 Å². The summed E-state index contributed by atoms with van der Waals surface area (Å²) in [5, 5.41) is 0. The summed E-state index contributed by atoms with van der Waals surface area (Å²) in [6, 6.07) is -0.246. The molecule has 0 aliphatic heterocycles. The lowest BCUT2D eigenvalue weighted by molar-refractivity contribution is 0.0521. The highest BCUT2D eigenvalue weighted by atomic mass is 16.5. The second-order valence-corrected chi connectivity index (χ2v) is 4.69. The van der Waals surface area contributed by atoms with Crippen molar-refractivity contribution < 1.29 is 13.9 Å². The van der Waals surface area contributed by atoms with Gasteiger partial charge in [-0.3, -0.25) is 0 Å². The number of aryl methyl sites for hydroxylation is 2. The van der Waals surface area contributed by atoms with Crippen LogP contribution in [-0.2, 0) is 11.2 Å². The van der Waals surface area contributed by atoms with E-state index in [1.165, 1.54) is 0 Å². The Hall–Kier alpha value is -2.31. The predicted molar refractivity (Wildman–Crippen MR) is 77.0 cm³/mol. The largest absolute Gasteiger partial charge is 0.461 e. The molecule has 0 spiro atoms. The fourth-order valence-corrected chi connectivity index (χ4v) is 2.20. The van der Waals surface area contributed by atoms with E-state index >= 15 is 0 Å². The van der Waals surface area contributed by atoms with Crippen LogP contribution < -0.4 is 5.73 Å². The number of hydrogen-bond donors (Lipinski definition) is 1. The predicted octanol–water partition coefficient (Wildman–Crippen LogP) is 2.11. The van der Waals surface area contributed by atoms with E-state index in [4.69, 9.17) is 14.9 Å². The molecule has 2 heterocycles. The number of nitrogen functional groups attached to an aromatic ring is 1.